The Hall–Kier alpha value is -1.97. The molecule has 1 rings (SSSR count). The van der Waals surface area contributed by atoms with Crippen molar-refractivity contribution in [3.63, 3.8) is 0 Å². The number of aliphatic hydroxyl groups is 1. The summed E-state index contributed by atoms with van der Waals surface area (Å²) in [7, 11) is 0. The topological polar surface area (TPSA) is 62.0 Å². The van der Waals surface area contributed by atoms with Crippen molar-refractivity contribution in [2.45, 2.75) is 13.8 Å². The van der Waals surface area contributed by atoms with Crippen LogP contribution in [-0.4, -0.2) is 10.9 Å². The van der Waals surface area contributed by atoms with E-state index in [-0.39, 0.29) is 11.5 Å². The van der Waals surface area contributed by atoms with Gasteiger partial charge in [-0.15, -0.1) is 5.11 Å². The number of aryl methyl sites for hydroxylation is 1. The van der Waals surface area contributed by atoms with Crippen LogP contribution in [0.1, 0.15) is 12.5 Å². The van der Waals surface area contributed by atoms with E-state index in [1.54, 1.807) is 12.1 Å². The first-order valence-corrected chi connectivity index (χ1v) is 4.47. The Morgan fingerprint density at radius 3 is 2.40 bits per heavy atom. The van der Waals surface area contributed by atoms with Crippen molar-refractivity contribution in [3.05, 3.63) is 41.8 Å². The smallest absolute Gasteiger partial charge is 0.183 e. The minimum atomic E-state index is -0.326. The van der Waals surface area contributed by atoms with Crippen LogP contribution >= 0.6 is 0 Å². The molecule has 15 heavy (non-hydrogen) atoms. The zero-order valence-corrected chi connectivity index (χ0v) is 8.64. The Kier molecular flexibility index (Phi) is 3.74. The SMILES string of the molecule is CC(=O)/C(=C\O)N=Nc1ccc(C)cc1. The van der Waals surface area contributed by atoms with E-state index in [1.165, 1.54) is 6.92 Å². The third-order valence-electron chi connectivity index (χ3n) is 1.79. The Morgan fingerprint density at radius 2 is 1.93 bits per heavy atom. The molecule has 0 atom stereocenters. The summed E-state index contributed by atoms with van der Waals surface area (Å²) in [5, 5.41) is 16.1. The number of carbonyl (C=O) groups excluding carboxylic acids is 1. The van der Waals surface area contributed by atoms with Gasteiger partial charge in [-0.3, -0.25) is 4.79 Å². The highest BCUT2D eigenvalue weighted by atomic mass is 16.2. The standard InChI is InChI=1S/C11H12N2O2/c1-8-3-5-10(6-4-8)12-13-11(7-14)9(2)15/h3-7,14H,1-2H3/b11-7+,13-12?. The van der Waals surface area contributed by atoms with E-state index in [9.17, 15) is 4.79 Å². The average Bonchev–Trinajstić information content (AvgIpc) is 2.21. The summed E-state index contributed by atoms with van der Waals surface area (Å²) >= 11 is 0. The second kappa shape index (κ2) is 5.05. The Labute approximate surface area is 88.0 Å². The third-order valence-corrected chi connectivity index (χ3v) is 1.79. The first kappa shape index (κ1) is 11.1. The minimum Gasteiger partial charge on any atom is -0.513 e. The predicted octanol–water partition coefficient (Wildman–Crippen LogP) is 3.07. The van der Waals surface area contributed by atoms with Crippen molar-refractivity contribution in [1.29, 1.82) is 0 Å². The fourth-order valence-corrected chi connectivity index (χ4v) is 0.910. The second-order valence-electron chi connectivity index (χ2n) is 3.11. The second-order valence-corrected chi connectivity index (χ2v) is 3.11. The normalized spacial score (nSPS) is 12.0. The maximum Gasteiger partial charge on any atom is 0.183 e. The van der Waals surface area contributed by atoms with Crippen LogP contribution in [0.25, 0.3) is 0 Å². The molecule has 0 unspecified atom stereocenters. The van der Waals surface area contributed by atoms with Crippen molar-refractivity contribution >= 4 is 11.5 Å². The fraction of sp³-hybridized carbons (Fsp3) is 0.182. The maximum atomic E-state index is 10.9. The lowest BCUT2D eigenvalue weighted by Crippen LogP contribution is -1.91. The van der Waals surface area contributed by atoms with Gasteiger partial charge in [0.25, 0.3) is 0 Å². The van der Waals surface area contributed by atoms with Gasteiger partial charge in [0.1, 0.15) is 6.26 Å². The van der Waals surface area contributed by atoms with Crippen LogP contribution in [-0.2, 0) is 4.79 Å². The largest absolute Gasteiger partial charge is 0.513 e. The molecule has 0 heterocycles. The number of ketones is 1. The summed E-state index contributed by atoms with van der Waals surface area (Å²) < 4.78 is 0. The molecule has 0 aliphatic rings. The zero-order valence-electron chi connectivity index (χ0n) is 8.64. The number of carbonyl (C=O) groups is 1. The number of rotatable bonds is 3. The van der Waals surface area contributed by atoms with E-state index in [2.05, 4.69) is 10.2 Å². The number of azo groups is 1. The van der Waals surface area contributed by atoms with Gasteiger partial charge in [-0.1, -0.05) is 17.7 Å². The number of hydrogen-bond acceptors (Lipinski definition) is 4. The van der Waals surface area contributed by atoms with Gasteiger partial charge in [0.05, 0.1) is 5.69 Å². The minimum absolute atomic E-state index is 0.0597. The molecule has 0 radical (unpaired) electrons. The molecule has 0 saturated heterocycles. The zero-order chi connectivity index (χ0) is 11.3. The van der Waals surface area contributed by atoms with Crippen LogP contribution in [0.2, 0.25) is 0 Å². The quantitative estimate of drug-likeness (QED) is 0.467. The molecule has 0 saturated carbocycles. The highest BCUT2D eigenvalue weighted by molar-refractivity contribution is 5.92. The van der Waals surface area contributed by atoms with Gasteiger partial charge in [-0.05, 0) is 19.1 Å². The number of aliphatic hydroxyl groups excluding tert-OH is 1. The van der Waals surface area contributed by atoms with Gasteiger partial charge in [0.2, 0.25) is 0 Å². The van der Waals surface area contributed by atoms with E-state index in [0.717, 1.165) is 5.56 Å². The molecule has 1 aromatic carbocycles. The van der Waals surface area contributed by atoms with Gasteiger partial charge < -0.3 is 5.11 Å². The molecule has 0 aliphatic heterocycles. The molecule has 0 fully saturated rings. The lowest BCUT2D eigenvalue weighted by atomic mass is 10.2. The highest BCUT2D eigenvalue weighted by Gasteiger charge is 2.00. The summed E-state index contributed by atoms with van der Waals surface area (Å²) in [6.45, 7) is 3.28. The van der Waals surface area contributed by atoms with Crippen molar-refractivity contribution in [3.8, 4) is 0 Å². The Morgan fingerprint density at radius 1 is 1.33 bits per heavy atom. The number of benzene rings is 1. The third kappa shape index (κ3) is 3.34. The summed E-state index contributed by atoms with van der Waals surface area (Å²) in [5.41, 5.74) is 1.70. The monoisotopic (exact) mass is 204 g/mol. The van der Waals surface area contributed by atoms with Crippen molar-refractivity contribution in [2.24, 2.45) is 10.2 Å². The van der Waals surface area contributed by atoms with Crippen LogP contribution in [0, 0.1) is 6.92 Å². The summed E-state index contributed by atoms with van der Waals surface area (Å²) in [5.74, 6) is -0.326. The van der Waals surface area contributed by atoms with Crippen LogP contribution in [0.3, 0.4) is 0 Å². The molecule has 0 spiro atoms. The highest BCUT2D eigenvalue weighted by Crippen LogP contribution is 2.14. The fourth-order valence-electron chi connectivity index (χ4n) is 0.910. The van der Waals surface area contributed by atoms with Gasteiger partial charge >= 0.3 is 0 Å². The van der Waals surface area contributed by atoms with Crippen molar-refractivity contribution in [2.75, 3.05) is 0 Å². The predicted molar refractivity (Wildman–Crippen MR) is 57.1 cm³/mol. The lowest BCUT2D eigenvalue weighted by molar-refractivity contribution is -0.113. The summed E-state index contributed by atoms with van der Waals surface area (Å²) in [6.07, 6.45) is 0.653. The van der Waals surface area contributed by atoms with Crippen LogP contribution < -0.4 is 0 Å². The van der Waals surface area contributed by atoms with E-state index in [1.807, 2.05) is 19.1 Å². The molecule has 4 heteroatoms. The molecule has 4 nitrogen and oxygen atoms in total. The maximum absolute atomic E-state index is 10.9. The van der Waals surface area contributed by atoms with Crippen LogP contribution in [0.4, 0.5) is 5.69 Å². The van der Waals surface area contributed by atoms with Crippen LogP contribution in [0.5, 0.6) is 0 Å². The van der Waals surface area contributed by atoms with Crippen molar-refractivity contribution in [1.82, 2.24) is 0 Å². The first-order valence-electron chi connectivity index (χ1n) is 4.47. The molecule has 0 bridgehead atoms. The van der Waals surface area contributed by atoms with E-state index >= 15 is 0 Å². The van der Waals surface area contributed by atoms with Gasteiger partial charge in [0.15, 0.2) is 11.5 Å². The summed E-state index contributed by atoms with van der Waals surface area (Å²) in [4.78, 5) is 10.9. The molecular formula is C11H12N2O2. The van der Waals surface area contributed by atoms with E-state index in [4.69, 9.17) is 5.11 Å². The number of nitrogens with zero attached hydrogens (tertiary/aromatic N) is 2. The summed E-state index contributed by atoms with van der Waals surface area (Å²) in [6, 6.07) is 7.36. The Bertz CT molecular complexity index is 405. The van der Waals surface area contributed by atoms with E-state index in [0.29, 0.717) is 11.9 Å². The first-order chi connectivity index (χ1) is 7.13. The molecule has 1 aromatic rings. The van der Waals surface area contributed by atoms with E-state index < -0.39 is 0 Å². The number of allylic oxidation sites excluding steroid dienone is 1. The molecule has 1 N–H and O–H groups in total. The van der Waals surface area contributed by atoms with Gasteiger partial charge in [-0.2, -0.15) is 5.11 Å². The van der Waals surface area contributed by atoms with Crippen LogP contribution in [0.15, 0.2) is 46.5 Å². The molecular weight excluding hydrogens is 192 g/mol. The molecule has 0 amide bonds. The van der Waals surface area contributed by atoms with Gasteiger partial charge in [0, 0.05) is 6.92 Å². The number of hydrogen-bond donors (Lipinski definition) is 1. The number of Topliss-reactive ketones (excluding diaryl/α,β-unsaturated/α-hetero) is 1. The van der Waals surface area contributed by atoms with Gasteiger partial charge in [-0.25, -0.2) is 0 Å². The Balaban J connectivity index is 2.81. The average molecular weight is 204 g/mol. The molecule has 0 aromatic heterocycles. The van der Waals surface area contributed by atoms with Crippen molar-refractivity contribution < 1.29 is 9.90 Å². The lowest BCUT2D eigenvalue weighted by Gasteiger charge is -1.94. The molecule has 0 aliphatic carbocycles. The molecule has 78 valence electrons.